The summed E-state index contributed by atoms with van der Waals surface area (Å²) in [5, 5.41) is 2.55. The van der Waals surface area contributed by atoms with E-state index in [-0.39, 0.29) is 16.5 Å². The van der Waals surface area contributed by atoms with Crippen molar-refractivity contribution < 1.29 is 9.18 Å². The Hall–Kier alpha value is -1.53. The molecule has 0 aliphatic rings. The zero-order chi connectivity index (χ0) is 13.1. The molecule has 1 amide bonds. The number of nitrogens with zero attached hydrogens (tertiary/aromatic N) is 2. The average Bonchev–Trinajstić information content (AvgIpc) is 2.32. The minimum atomic E-state index is -0.620. The number of benzene rings is 1. The standard InChI is InChI=1S/C11H6BrClFN3O/c12-6-1-2-8(14)7(3-6)11(18)17-10-5-15-4-9(13)16-10/h1-5H,(H,16,17,18). The minimum absolute atomic E-state index is 0.0915. The van der Waals surface area contributed by atoms with E-state index >= 15 is 0 Å². The summed E-state index contributed by atoms with van der Waals surface area (Å²) in [5.74, 6) is -1.08. The van der Waals surface area contributed by atoms with Gasteiger partial charge in [-0.15, -0.1) is 0 Å². The second kappa shape index (κ2) is 5.41. The molecule has 0 bridgehead atoms. The third-order valence-corrected chi connectivity index (χ3v) is 2.70. The van der Waals surface area contributed by atoms with Crippen LogP contribution in [0.15, 0.2) is 35.1 Å². The normalized spacial score (nSPS) is 10.2. The highest BCUT2D eigenvalue weighted by Gasteiger charge is 2.13. The molecule has 0 aliphatic heterocycles. The van der Waals surface area contributed by atoms with Crippen molar-refractivity contribution in [3.05, 3.63) is 51.6 Å². The Balaban J connectivity index is 2.24. The maximum absolute atomic E-state index is 13.5. The van der Waals surface area contributed by atoms with Gasteiger partial charge in [0, 0.05) is 4.47 Å². The largest absolute Gasteiger partial charge is 0.305 e. The molecular weight excluding hydrogens is 324 g/mol. The van der Waals surface area contributed by atoms with Crippen molar-refractivity contribution in [3.63, 3.8) is 0 Å². The molecule has 0 fully saturated rings. The Bertz CT molecular complexity index is 609. The molecule has 0 radical (unpaired) electrons. The Morgan fingerprint density at radius 3 is 2.89 bits per heavy atom. The quantitative estimate of drug-likeness (QED) is 0.919. The van der Waals surface area contributed by atoms with Crippen LogP contribution in [0.2, 0.25) is 5.15 Å². The molecule has 4 nitrogen and oxygen atoms in total. The number of amides is 1. The van der Waals surface area contributed by atoms with Gasteiger partial charge in [-0.25, -0.2) is 9.37 Å². The number of halogens is 3. The van der Waals surface area contributed by atoms with Gasteiger partial charge in [-0.1, -0.05) is 27.5 Å². The monoisotopic (exact) mass is 329 g/mol. The fraction of sp³-hybridized carbons (Fsp3) is 0. The van der Waals surface area contributed by atoms with Gasteiger partial charge in [-0.05, 0) is 18.2 Å². The third kappa shape index (κ3) is 3.02. The number of anilines is 1. The molecule has 1 heterocycles. The highest BCUT2D eigenvalue weighted by atomic mass is 79.9. The fourth-order valence-corrected chi connectivity index (χ4v) is 1.77. The Morgan fingerprint density at radius 2 is 2.17 bits per heavy atom. The van der Waals surface area contributed by atoms with E-state index in [9.17, 15) is 9.18 Å². The first-order valence-corrected chi connectivity index (χ1v) is 5.97. The van der Waals surface area contributed by atoms with Crippen molar-refractivity contribution in [3.8, 4) is 0 Å². The van der Waals surface area contributed by atoms with Crippen LogP contribution in [0, 0.1) is 5.82 Å². The van der Waals surface area contributed by atoms with Gasteiger partial charge in [0.05, 0.1) is 18.0 Å². The number of nitrogens with one attached hydrogen (secondary N) is 1. The van der Waals surface area contributed by atoms with Crippen LogP contribution < -0.4 is 5.32 Å². The molecular formula is C11H6BrClFN3O. The molecule has 7 heteroatoms. The van der Waals surface area contributed by atoms with Gasteiger partial charge in [-0.3, -0.25) is 9.78 Å². The first kappa shape index (κ1) is 12.9. The number of hydrogen-bond acceptors (Lipinski definition) is 3. The molecule has 0 unspecified atom stereocenters. The maximum atomic E-state index is 13.5. The summed E-state index contributed by atoms with van der Waals surface area (Å²) in [4.78, 5) is 19.4. The summed E-state index contributed by atoms with van der Waals surface area (Å²) in [5.41, 5.74) is -0.0915. The highest BCUT2D eigenvalue weighted by Crippen LogP contribution is 2.17. The number of aromatic nitrogens is 2. The van der Waals surface area contributed by atoms with Crippen LogP contribution in [-0.2, 0) is 0 Å². The molecule has 0 spiro atoms. The summed E-state index contributed by atoms with van der Waals surface area (Å²) in [6.45, 7) is 0. The molecule has 2 aromatic rings. The van der Waals surface area contributed by atoms with E-state index in [0.29, 0.717) is 4.47 Å². The Kier molecular flexibility index (Phi) is 3.88. The second-order valence-electron chi connectivity index (χ2n) is 3.31. The number of hydrogen-bond donors (Lipinski definition) is 1. The molecule has 1 aromatic carbocycles. The van der Waals surface area contributed by atoms with Crippen LogP contribution in [-0.4, -0.2) is 15.9 Å². The third-order valence-electron chi connectivity index (χ3n) is 2.02. The molecule has 2 rings (SSSR count). The predicted octanol–water partition coefficient (Wildman–Crippen LogP) is 3.28. The number of rotatable bonds is 2. The first-order valence-electron chi connectivity index (χ1n) is 4.80. The van der Waals surface area contributed by atoms with Crippen molar-refractivity contribution in [1.82, 2.24) is 9.97 Å². The van der Waals surface area contributed by atoms with Gasteiger partial charge in [0.15, 0.2) is 5.82 Å². The average molecular weight is 331 g/mol. The molecule has 1 aromatic heterocycles. The molecule has 18 heavy (non-hydrogen) atoms. The minimum Gasteiger partial charge on any atom is -0.305 e. The summed E-state index contributed by atoms with van der Waals surface area (Å²) in [7, 11) is 0. The highest BCUT2D eigenvalue weighted by molar-refractivity contribution is 9.10. The zero-order valence-electron chi connectivity index (χ0n) is 8.82. The van der Waals surface area contributed by atoms with Crippen molar-refractivity contribution >= 4 is 39.3 Å². The number of carbonyl (C=O) groups is 1. The topological polar surface area (TPSA) is 54.9 Å². The van der Waals surface area contributed by atoms with Gasteiger partial charge in [-0.2, -0.15) is 0 Å². The smallest absolute Gasteiger partial charge is 0.259 e. The van der Waals surface area contributed by atoms with Crippen LogP contribution in [0.25, 0.3) is 0 Å². The van der Waals surface area contributed by atoms with Crippen molar-refractivity contribution in [2.45, 2.75) is 0 Å². The lowest BCUT2D eigenvalue weighted by Crippen LogP contribution is -2.15. The van der Waals surface area contributed by atoms with Crippen molar-refractivity contribution in [1.29, 1.82) is 0 Å². The lowest BCUT2D eigenvalue weighted by Gasteiger charge is -2.05. The van der Waals surface area contributed by atoms with Crippen LogP contribution in [0.4, 0.5) is 10.2 Å². The van der Waals surface area contributed by atoms with Crippen LogP contribution in [0.1, 0.15) is 10.4 Å². The summed E-state index contributed by atoms with van der Waals surface area (Å²) in [6.07, 6.45) is 2.65. The van der Waals surface area contributed by atoms with Gasteiger partial charge in [0.2, 0.25) is 0 Å². The van der Waals surface area contributed by atoms with E-state index in [1.54, 1.807) is 0 Å². The molecule has 92 valence electrons. The SMILES string of the molecule is O=C(Nc1cncc(Cl)n1)c1cc(Br)ccc1F. The van der Waals surface area contributed by atoms with Crippen LogP contribution in [0.3, 0.4) is 0 Å². The van der Waals surface area contributed by atoms with Gasteiger partial charge >= 0.3 is 0 Å². The van der Waals surface area contributed by atoms with E-state index in [1.165, 1.54) is 30.6 Å². The van der Waals surface area contributed by atoms with E-state index in [0.717, 1.165) is 0 Å². The predicted molar refractivity (Wildman–Crippen MR) is 69.1 cm³/mol. The summed E-state index contributed by atoms with van der Waals surface area (Å²) in [6, 6.07) is 4.08. The van der Waals surface area contributed by atoms with Gasteiger partial charge < -0.3 is 5.32 Å². The van der Waals surface area contributed by atoms with E-state index in [2.05, 4.69) is 31.2 Å². The Labute approximate surface area is 115 Å². The second-order valence-corrected chi connectivity index (χ2v) is 4.61. The maximum Gasteiger partial charge on any atom is 0.259 e. The first-order chi connectivity index (χ1) is 8.56. The molecule has 0 aliphatic carbocycles. The van der Waals surface area contributed by atoms with Gasteiger partial charge in [0.1, 0.15) is 11.0 Å². The van der Waals surface area contributed by atoms with Gasteiger partial charge in [0.25, 0.3) is 5.91 Å². The molecule has 0 atom stereocenters. The zero-order valence-corrected chi connectivity index (χ0v) is 11.2. The number of carbonyl (C=O) groups excluding carboxylic acids is 1. The molecule has 0 saturated carbocycles. The van der Waals surface area contributed by atoms with Crippen LogP contribution >= 0.6 is 27.5 Å². The Morgan fingerprint density at radius 1 is 1.39 bits per heavy atom. The molecule has 1 N–H and O–H groups in total. The lowest BCUT2D eigenvalue weighted by atomic mass is 10.2. The molecule has 0 saturated heterocycles. The van der Waals surface area contributed by atoms with Crippen molar-refractivity contribution in [2.75, 3.05) is 5.32 Å². The summed E-state index contributed by atoms with van der Waals surface area (Å²) < 4.78 is 14.1. The van der Waals surface area contributed by atoms with E-state index in [1.807, 2.05) is 0 Å². The van der Waals surface area contributed by atoms with Crippen molar-refractivity contribution in [2.24, 2.45) is 0 Å². The van der Waals surface area contributed by atoms with E-state index < -0.39 is 11.7 Å². The fourth-order valence-electron chi connectivity index (χ4n) is 1.26. The lowest BCUT2D eigenvalue weighted by molar-refractivity contribution is 0.102. The summed E-state index contributed by atoms with van der Waals surface area (Å²) >= 11 is 8.79. The van der Waals surface area contributed by atoms with Crippen LogP contribution in [0.5, 0.6) is 0 Å². The van der Waals surface area contributed by atoms with E-state index in [4.69, 9.17) is 11.6 Å².